The molecule has 4 N–H and O–H groups in total. The van der Waals surface area contributed by atoms with E-state index in [1.165, 1.54) is 26.4 Å². The molecule has 0 saturated carbocycles. The smallest absolute Gasteiger partial charge is 0.243 e. The number of nitrogens with zero attached hydrogens (tertiary/aromatic N) is 9. The van der Waals surface area contributed by atoms with Crippen LogP contribution in [0.5, 0.6) is 23.0 Å². The molecule has 12 rings (SSSR count). The summed E-state index contributed by atoms with van der Waals surface area (Å²) in [7, 11) is 4.59. The maximum atomic E-state index is 12.2. The third-order valence-corrected chi connectivity index (χ3v) is 15.0. The fourth-order valence-corrected chi connectivity index (χ4v) is 10.8. The minimum atomic E-state index is -0.342. The lowest BCUT2D eigenvalue weighted by molar-refractivity contribution is -0.133. The van der Waals surface area contributed by atoms with Crippen molar-refractivity contribution in [1.82, 2.24) is 50.3 Å². The molecule has 5 saturated heterocycles. The summed E-state index contributed by atoms with van der Waals surface area (Å²) in [5.41, 5.74) is 4.12. The van der Waals surface area contributed by atoms with Gasteiger partial charge in [0.25, 0.3) is 0 Å². The van der Waals surface area contributed by atoms with Crippen LogP contribution < -0.4 is 45.1 Å². The molecule has 22 nitrogen and oxygen atoms in total. The number of carbonyl (C=O) groups is 2. The van der Waals surface area contributed by atoms with Crippen molar-refractivity contribution in [3.63, 3.8) is 0 Å². The summed E-state index contributed by atoms with van der Waals surface area (Å²) >= 11 is 21.3. The predicted octanol–water partition coefficient (Wildman–Crippen LogP) is 6.57. The Hall–Kier alpha value is -7.60. The number of halogens is 3. The van der Waals surface area contributed by atoms with Crippen molar-refractivity contribution in [3.05, 3.63) is 95.5 Å². The minimum absolute atomic E-state index is 0.0573. The van der Waals surface area contributed by atoms with E-state index >= 15 is 0 Å². The zero-order valence-electron chi connectivity index (χ0n) is 42.4. The first-order valence-electron chi connectivity index (χ1n) is 24.8. The number of benzene rings is 2. The maximum Gasteiger partial charge on any atom is 0.243 e. The largest absolute Gasteiger partial charge is 0.497 e. The molecule has 2 bridgehead atoms. The standard InChI is InChI=1S/C53H52Cl3N13O9/c1-6-42(70)60-35-22-75-24-37(35)64-52-57-16-26-10-33(32-13-29(72-3)14-39(73-4)45(32)54)62-49(48(26)66-52)28-18-59-69(19-28)8-9-77-41-15-40(74-5)46(55)44(47(41)56)34-11-27-17-58-53(65-38-25-76-23-36(38)61-43(71)7-2)67-50(27)51(63-34)68-20-30-12-31(21-68)78-30/h6-7,10-11,13-19,30-31,35-38H,1-2,8-9,12,20-25H2,3-5H3,(H,60,70)(H,61,71)(H,57,64,66)(H,58,65,67)/t30?,31?,35-,36-,37+,38+/m0/s1. The van der Waals surface area contributed by atoms with Crippen LogP contribution in [0.4, 0.5) is 17.7 Å². The second kappa shape index (κ2) is 22.4. The molecule has 5 aromatic heterocycles. The third kappa shape index (κ3) is 10.6. The highest BCUT2D eigenvalue weighted by atomic mass is 35.5. The lowest BCUT2D eigenvalue weighted by Gasteiger charge is -2.47. The highest BCUT2D eigenvalue weighted by Gasteiger charge is 2.40. The molecule has 10 heterocycles. The van der Waals surface area contributed by atoms with Crippen molar-refractivity contribution in [3.8, 4) is 56.8 Å². The molecule has 5 aliphatic heterocycles. The van der Waals surface area contributed by atoms with Crippen LogP contribution in [0.25, 0.3) is 55.6 Å². The van der Waals surface area contributed by atoms with Crippen molar-refractivity contribution in [1.29, 1.82) is 0 Å². The first kappa shape index (κ1) is 52.5. The van der Waals surface area contributed by atoms with E-state index in [2.05, 4.69) is 49.3 Å². The van der Waals surface area contributed by atoms with Crippen molar-refractivity contribution in [2.75, 3.05) is 83.0 Å². The van der Waals surface area contributed by atoms with Crippen LogP contribution in [0.1, 0.15) is 6.42 Å². The first-order valence-corrected chi connectivity index (χ1v) is 26.0. The molecule has 0 radical (unpaired) electrons. The van der Waals surface area contributed by atoms with Crippen LogP contribution in [0.2, 0.25) is 15.1 Å². The van der Waals surface area contributed by atoms with Gasteiger partial charge in [-0.05, 0) is 30.4 Å². The predicted molar refractivity (Wildman–Crippen MR) is 293 cm³/mol. The summed E-state index contributed by atoms with van der Waals surface area (Å²) in [6.07, 6.45) is 10.4. The summed E-state index contributed by atoms with van der Waals surface area (Å²) < 4.78 is 42.5. The van der Waals surface area contributed by atoms with Gasteiger partial charge in [-0.2, -0.15) is 5.10 Å². The van der Waals surface area contributed by atoms with Gasteiger partial charge in [-0.25, -0.2) is 29.9 Å². The first-order chi connectivity index (χ1) is 37.9. The fourth-order valence-electron chi connectivity index (χ4n) is 9.86. The Kier molecular flexibility index (Phi) is 15.1. The molecule has 78 heavy (non-hydrogen) atoms. The summed E-state index contributed by atoms with van der Waals surface area (Å²) in [4.78, 5) is 56.1. The van der Waals surface area contributed by atoms with Crippen molar-refractivity contribution < 1.29 is 42.7 Å². The number of pyridine rings is 2. The summed E-state index contributed by atoms with van der Waals surface area (Å²) in [5, 5.41) is 19.3. The van der Waals surface area contributed by atoms with Crippen molar-refractivity contribution in [2.45, 2.75) is 49.3 Å². The van der Waals surface area contributed by atoms with Gasteiger partial charge in [-0.1, -0.05) is 48.0 Å². The summed E-state index contributed by atoms with van der Waals surface area (Å²) in [6, 6.07) is 7.52. The molecular formula is C53H52Cl3N13O9. The Morgan fingerprint density at radius 2 is 1.29 bits per heavy atom. The van der Waals surface area contributed by atoms with Gasteiger partial charge in [-0.15, -0.1) is 0 Å². The topological polar surface area (TPSA) is 245 Å². The Balaban J connectivity index is 0.886. The van der Waals surface area contributed by atoms with Gasteiger partial charge in [0, 0.05) is 77.7 Å². The molecule has 5 aliphatic rings. The number of morpholine rings is 1. The Morgan fingerprint density at radius 3 is 1.92 bits per heavy atom. The average molecular weight is 1120 g/mol. The molecule has 0 spiro atoms. The number of rotatable bonds is 19. The minimum Gasteiger partial charge on any atom is -0.497 e. The number of aromatic nitrogens is 8. The zero-order valence-corrected chi connectivity index (χ0v) is 44.7. The Morgan fingerprint density at radius 1 is 0.705 bits per heavy atom. The second-order valence-electron chi connectivity index (χ2n) is 18.8. The van der Waals surface area contributed by atoms with Crippen LogP contribution in [0.3, 0.4) is 0 Å². The molecule has 25 heteroatoms. The number of fused-ring (bicyclic) bond motifs is 4. The summed E-state index contributed by atoms with van der Waals surface area (Å²) in [6.45, 7) is 10.0. The molecule has 404 valence electrons. The van der Waals surface area contributed by atoms with Gasteiger partial charge < -0.3 is 59.3 Å². The lowest BCUT2D eigenvalue weighted by atomic mass is 9.98. The van der Waals surface area contributed by atoms with Crippen LogP contribution in [0, 0.1) is 0 Å². The lowest BCUT2D eigenvalue weighted by Crippen LogP contribution is -2.57. The highest BCUT2D eigenvalue weighted by Crippen LogP contribution is 2.47. The van der Waals surface area contributed by atoms with Gasteiger partial charge in [0.1, 0.15) is 46.3 Å². The van der Waals surface area contributed by atoms with Gasteiger partial charge >= 0.3 is 0 Å². The van der Waals surface area contributed by atoms with Crippen LogP contribution >= 0.6 is 34.8 Å². The van der Waals surface area contributed by atoms with E-state index in [4.69, 9.17) is 93.0 Å². The van der Waals surface area contributed by atoms with Gasteiger partial charge in [-0.3, -0.25) is 14.3 Å². The molecule has 5 fully saturated rings. The Labute approximate surface area is 461 Å². The van der Waals surface area contributed by atoms with Crippen LogP contribution in [-0.4, -0.2) is 155 Å². The van der Waals surface area contributed by atoms with Crippen LogP contribution in [-0.2, 0) is 30.3 Å². The molecule has 7 aromatic rings. The fraction of sp³-hybridized carbons (Fsp3) is 0.340. The number of hydrogen-bond acceptors (Lipinski definition) is 19. The number of piperidine rings is 1. The monoisotopic (exact) mass is 1120 g/mol. The van der Waals surface area contributed by atoms with Gasteiger partial charge in [0.15, 0.2) is 5.82 Å². The number of ether oxygens (including phenoxy) is 7. The highest BCUT2D eigenvalue weighted by molar-refractivity contribution is 6.41. The van der Waals surface area contributed by atoms with E-state index in [1.54, 1.807) is 48.6 Å². The summed E-state index contributed by atoms with van der Waals surface area (Å²) in [5.74, 6) is 2.16. The van der Waals surface area contributed by atoms with Crippen LogP contribution in [0.15, 0.2) is 80.4 Å². The SMILES string of the molecule is C=CC(=O)N[C@H]1COC[C@H]1Nc1ncc2cc(-c3cc(OC)cc(OC)c3Cl)nc(-c3cnn(CCOc4cc(OC)c(Cl)c(-c5cc6cnc(N[C@@H]7COC[C@@H]7NC(=O)C=C)nc6c(N6CC7CC(C6)O7)n5)c4Cl)c3)c2n1. The van der Waals surface area contributed by atoms with Crippen molar-refractivity contribution >= 4 is 86.1 Å². The number of amides is 2. The zero-order chi connectivity index (χ0) is 54.2. The molecule has 2 unspecified atom stereocenters. The quantitative estimate of drug-likeness (QED) is 0.0626. The Bertz CT molecular complexity index is 3480. The molecular weight excluding hydrogens is 1070 g/mol. The number of methoxy groups -OCH3 is 3. The molecule has 2 amide bonds. The van der Waals surface area contributed by atoms with Crippen molar-refractivity contribution in [2.24, 2.45) is 0 Å². The number of nitrogens with one attached hydrogen (secondary N) is 4. The number of carbonyl (C=O) groups excluding carboxylic acids is 2. The molecule has 0 aliphatic carbocycles. The average Bonchev–Trinajstić information content (AvgIpc) is 4.34. The van der Waals surface area contributed by atoms with Gasteiger partial charge in [0.2, 0.25) is 23.7 Å². The normalized spacial score (nSPS) is 20.5. The molecule has 2 aromatic carbocycles. The maximum absolute atomic E-state index is 12.2. The van der Waals surface area contributed by atoms with E-state index in [-0.39, 0.29) is 71.4 Å². The number of anilines is 3. The van der Waals surface area contributed by atoms with Gasteiger partial charge in [0.05, 0.1) is 123 Å². The third-order valence-electron chi connectivity index (χ3n) is 13.8. The van der Waals surface area contributed by atoms with E-state index in [0.717, 1.165) is 6.42 Å². The molecule has 6 atom stereocenters. The second-order valence-corrected chi connectivity index (χ2v) is 19.9. The van der Waals surface area contributed by atoms with E-state index in [0.29, 0.717) is 141 Å². The van der Waals surface area contributed by atoms with E-state index in [1.807, 2.05) is 18.3 Å². The van der Waals surface area contributed by atoms with E-state index in [9.17, 15) is 9.59 Å². The number of hydrogen-bond donors (Lipinski definition) is 4. The van der Waals surface area contributed by atoms with E-state index < -0.39 is 0 Å².